The number of carbonyl (C=O) groups is 1. The molecule has 1 amide bonds. The van der Waals surface area contributed by atoms with E-state index in [1.54, 1.807) is 6.07 Å². The van der Waals surface area contributed by atoms with Gasteiger partial charge >= 0.3 is 6.18 Å². The number of carbonyl (C=O) groups excluding carboxylic acids is 1. The van der Waals surface area contributed by atoms with Gasteiger partial charge in [0.1, 0.15) is 0 Å². The van der Waals surface area contributed by atoms with E-state index in [0.717, 1.165) is 25.7 Å². The van der Waals surface area contributed by atoms with Gasteiger partial charge in [0.2, 0.25) is 5.91 Å². The molecule has 0 atom stereocenters. The molecule has 1 aliphatic carbocycles. The minimum Gasteiger partial charge on any atom is -0.356 e. The molecule has 26 heavy (non-hydrogen) atoms. The van der Waals surface area contributed by atoms with Gasteiger partial charge in [-0.1, -0.05) is 13.8 Å². The lowest BCUT2D eigenvalue weighted by molar-refractivity contribution is -0.144. The Labute approximate surface area is 149 Å². The van der Waals surface area contributed by atoms with E-state index in [9.17, 15) is 18.0 Å². The van der Waals surface area contributed by atoms with E-state index in [-0.39, 0.29) is 23.5 Å². The number of nitrogens with one attached hydrogen (secondary N) is 1. The van der Waals surface area contributed by atoms with Gasteiger partial charge in [0.05, 0.1) is 5.69 Å². The molecule has 0 unspecified atom stereocenters. The molecule has 2 aromatic rings. The number of nitrogens with zero attached hydrogens (tertiary/aromatic N) is 4. The maximum absolute atomic E-state index is 12.9. The normalized spacial score (nSPS) is 21.3. The van der Waals surface area contributed by atoms with Gasteiger partial charge in [-0.3, -0.25) is 4.79 Å². The van der Waals surface area contributed by atoms with Crippen LogP contribution in [0, 0.1) is 11.8 Å². The summed E-state index contributed by atoms with van der Waals surface area (Å²) in [6.45, 7) is 4.36. The molecule has 0 spiro atoms. The minimum atomic E-state index is -4.59. The van der Waals surface area contributed by atoms with E-state index in [2.05, 4.69) is 20.4 Å². The summed E-state index contributed by atoms with van der Waals surface area (Å²) in [4.78, 5) is 19.1. The van der Waals surface area contributed by atoms with Gasteiger partial charge in [0, 0.05) is 24.6 Å². The summed E-state index contributed by atoms with van der Waals surface area (Å²) in [5.41, 5.74) is 0.711. The van der Waals surface area contributed by atoms with Crippen molar-refractivity contribution in [3.8, 4) is 0 Å². The molecule has 1 N–H and O–H groups in total. The minimum absolute atomic E-state index is 0.0267. The standard InChI is InChI=1S/C17H22F3N5O/c1-10(2)14(26)22-9-11-3-5-12(6-4-11)13-7-8-21-16-23-15(17(18,19)20)24-25(13)16/h7-8,10-12H,3-6,9H2,1-2H3,(H,22,26). The van der Waals surface area contributed by atoms with Crippen LogP contribution in [0.1, 0.15) is 57.0 Å². The molecule has 0 saturated heterocycles. The van der Waals surface area contributed by atoms with E-state index in [0.29, 0.717) is 18.2 Å². The van der Waals surface area contributed by atoms with Gasteiger partial charge < -0.3 is 5.32 Å². The van der Waals surface area contributed by atoms with Crippen LogP contribution in [-0.4, -0.2) is 32.0 Å². The zero-order valence-electron chi connectivity index (χ0n) is 14.8. The van der Waals surface area contributed by atoms with Crippen LogP contribution < -0.4 is 5.32 Å². The third kappa shape index (κ3) is 3.96. The van der Waals surface area contributed by atoms with Crippen LogP contribution in [0.3, 0.4) is 0 Å². The van der Waals surface area contributed by atoms with Crippen molar-refractivity contribution >= 4 is 11.7 Å². The first-order valence-electron chi connectivity index (χ1n) is 8.82. The highest BCUT2D eigenvalue weighted by molar-refractivity contribution is 5.77. The van der Waals surface area contributed by atoms with Crippen LogP contribution >= 0.6 is 0 Å². The first-order valence-corrected chi connectivity index (χ1v) is 8.82. The van der Waals surface area contributed by atoms with Crippen molar-refractivity contribution in [2.24, 2.45) is 11.8 Å². The van der Waals surface area contributed by atoms with Crippen molar-refractivity contribution in [3.05, 3.63) is 23.8 Å². The molecule has 0 bridgehead atoms. The molecule has 2 aromatic heterocycles. The number of amides is 1. The lowest BCUT2D eigenvalue weighted by atomic mass is 9.80. The van der Waals surface area contributed by atoms with E-state index in [1.165, 1.54) is 10.7 Å². The van der Waals surface area contributed by atoms with Crippen molar-refractivity contribution in [2.75, 3.05) is 6.54 Å². The van der Waals surface area contributed by atoms with Crippen molar-refractivity contribution in [2.45, 2.75) is 51.6 Å². The SMILES string of the molecule is CC(C)C(=O)NCC1CCC(c2ccnc3nc(C(F)(F)F)nn23)CC1. The molecule has 0 aliphatic heterocycles. The van der Waals surface area contributed by atoms with Gasteiger partial charge in [-0.2, -0.15) is 18.2 Å². The highest BCUT2D eigenvalue weighted by Crippen LogP contribution is 2.36. The molecular weight excluding hydrogens is 347 g/mol. The first kappa shape index (κ1) is 18.6. The molecule has 1 aliphatic rings. The van der Waals surface area contributed by atoms with Gasteiger partial charge in [0.15, 0.2) is 0 Å². The summed E-state index contributed by atoms with van der Waals surface area (Å²) in [6, 6.07) is 1.72. The smallest absolute Gasteiger partial charge is 0.356 e. The van der Waals surface area contributed by atoms with Crippen molar-refractivity contribution < 1.29 is 18.0 Å². The number of hydrogen-bond acceptors (Lipinski definition) is 4. The van der Waals surface area contributed by atoms with Gasteiger partial charge in [-0.05, 0) is 37.7 Å². The number of aromatic nitrogens is 4. The lowest BCUT2D eigenvalue weighted by Crippen LogP contribution is -2.33. The Hall–Kier alpha value is -2.19. The van der Waals surface area contributed by atoms with Gasteiger partial charge in [-0.15, -0.1) is 5.10 Å². The Morgan fingerprint density at radius 3 is 2.62 bits per heavy atom. The molecule has 1 saturated carbocycles. The summed E-state index contributed by atoms with van der Waals surface area (Å²) in [5, 5.41) is 6.57. The number of halogens is 3. The van der Waals surface area contributed by atoms with Crippen LogP contribution in [0.15, 0.2) is 12.3 Å². The zero-order valence-corrected chi connectivity index (χ0v) is 14.8. The number of alkyl halides is 3. The average Bonchev–Trinajstić information content (AvgIpc) is 3.04. The molecule has 0 radical (unpaired) electrons. The highest BCUT2D eigenvalue weighted by Gasteiger charge is 2.37. The zero-order chi connectivity index (χ0) is 18.9. The summed E-state index contributed by atoms with van der Waals surface area (Å²) >= 11 is 0. The fourth-order valence-corrected chi connectivity index (χ4v) is 3.35. The highest BCUT2D eigenvalue weighted by atomic mass is 19.4. The van der Waals surface area contributed by atoms with Crippen LogP contribution in [0.4, 0.5) is 13.2 Å². The Kier molecular flexibility index (Phi) is 5.15. The quantitative estimate of drug-likeness (QED) is 0.898. The topological polar surface area (TPSA) is 72.2 Å². The Balaban J connectivity index is 1.68. The second-order valence-corrected chi connectivity index (χ2v) is 7.13. The first-order chi connectivity index (χ1) is 12.3. The maximum atomic E-state index is 12.9. The molecule has 142 valence electrons. The monoisotopic (exact) mass is 369 g/mol. The Morgan fingerprint density at radius 2 is 2.00 bits per heavy atom. The average molecular weight is 369 g/mol. The molecule has 1 fully saturated rings. The maximum Gasteiger partial charge on any atom is 0.453 e. The largest absolute Gasteiger partial charge is 0.453 e. The second-order valence-electron chi connectivity index (χ2n) is 7.13. The summed E-state index contributed by atoms with van der Waals surface area (Å²) < 4.78 is 39.8. The summed E-state index contributed by atoms with van der Waals surface area (Å²) in [5.74, 6) is -0.673. The summed E-state index contributed by atoms with van der Waals surface area (Å²) in [7, 11) is 0. The van der Waals surface area contributed by atoms with Crippen LogP contribution in [0.2, 0.25) is 0 Å². The molecular formula is C17H22F3N5O. The molecule has 0 aromatic carbocycles. The number of fused-ring (bicyclic) bond motifs is 1. The Morgan fingerprint density at radius 1 is 1.31 bits per heavy atom. The molecule has 6 nitrogen and oxygen atoms in total. The third-order valence-corrected chi connectivity index (χ3v) is 4.88. The summed E-state index contributed by atoms with van der Waals surface area (Å²) in [6.07, 6.45) is 0.387. The van der Waals surface area contributed by atoms with Crippen molar-refractivity contribution in [3.63, 3.8) is 0 Å². The molecule has 2 heterocycles. The number of hydrogen-bond donors (Lipinski definition) is 1. The van der Waals surface area contributed by atoms with E-state index in [1.807, 2.05) is 13.8 Å². The van der Waals surface area contributed by atoms with Crippen LogP contribution in [0.25, 0.3) is 5.78 Å². The predicted octanol–water partition coefficient (Wildman–Crippen LogP) is 3.19. The van der Waals surface area contributed by atoms with Crippen molar-refractivity contribution in [1.29, 1.82) is 0 Å². The molecule has 3 rings (SSSR count). The fraction of sp³-hybridized carbons (Fsp3) is 0.647. The second kappa shape index (κ2) is 7.20. The van der Waals surface area contributed by atoms with Crippen LogP contribution in [-0.2, 0) is 11.0 Å². The van der Waals surface area contributed by atoms with E-state index < -0.39 is 12.0 Å². The fourth-order valence-electron chi connectivity index (χ4n) is 3.35. The van der Waals surface area contributed by atoms with Crippen molar-refractivity contribution in [1.82, 2.24) is 24.9 Å². The van der Waals surface area contributed by atoms with Crippen LogP contribution in [0.5, 0.6) is 0 Å². The number of rotatable bonds is 4. The Bertz CT molecular complexity index is 778. The van der Waals surface area contributed by atoms with Gasteiger partial charge in [0.25, 0.3) is 11.6 Å². The third-order valence-electron chi connectivity index (χ3n) is 4.88. The lowest BCUT2D eigenvalue weighted by Gasteiger charge is -2.29. The molecule has 9 heteroatoms. The van der Waals surface area contributed by atoms with E-state index in [4.69, 9.17) is 0 Å². The predicted molar refractivity (Wildman–Crippen MR) is 88.3 cm³/mol. The van der Waals surface area contributed by atoms with E-state index >= 15 is 0 Å². The van der Waals surface area contributed by atoms with Gasteiger partial charge in [-0.25, -0.2) is 9.50 Å².